The van der Waals surface area contributed by atoms with Crippen molar-refractivity contribution in [3.8, 4) is 0 Å². The molecule has 0 aromatic heterocycles. The van der Waals surface area contributed by atoms with Crippen LogP contribution in [0.5, 0.6) is 0 Å². The lowest BCUT2D eigenvalue weighted by Gasteiger charge is -2.17. The Bertz CT molecular complexity index is 532. The molecule has 0 spiro atoms. The number of halogens is 2. The molecule has 0 amide bonds. The van der Waals surface area contributed by atoms with Gasteiger partial charge in [-0.25, -0.2) is 0 Å². The molecular formula is C16H22Cl2N2S. The zero-order valence-electron chi connectivity index (χ0n) is 12.2. The molecule has 5 heteroatoms. The van der Waals surface area contributed by atoms with E-state index in [0.29, 0.717) is 0 Å². The lowest BCUT2D eigenvalue weighted by atomic mass is 9.95. The van der Waals surface area contributed by atoms with Crippen LogP contribution >= 0.6 is 36.6 Å². The van der Waals surface area contributed by atoms with Gasteiger partial charge in [0.15, 0.2) is 0 Å². The summed E-state index contributed by atoms with van der Waals surface area (Å²) in [6.45, 7) is 0.840. The molecule has 0 bridgehead atoms. The number of benzene rings is 2. The summed E-state index contributed by atoms with van der Waals surface area (Å²) in [6, 6.07) is 16.8. The third-order valence-corrected chi connectivity index (χ3v) is 3.98. The van der Waals surface area contributed by atoms with Crippen LogP contribution in [0.1, 0.15) is 22.7 Å². The van der Waals surface area contributed by atoms with Crippen LogP contribution in [0.4, 0.5) is 0 Å². The molecule has 116 valence electrons. The molecule has 3 N–H and O–H groups in total. The Morgan fingerprint density at radius 3 is 2.24 bits per heavy atom. The predicted octanol–water partition coefficient (Wildman–Crippen LogP) is 4.02. The highest BCUT2D eigenvalue weighted by atomic mass is 35.5. The van der Waals surface area contributed by atoms with E-state index < -0.39 is 0 Å². The summed E-state index contributed by atoms with van der Waals surface area (Å²) in [5, 5.41) is 3.19. The van der Waals surface area contributed by atoms with Gasteiger partial charge < -0.3 is 11.1 Å². The van der Waals surface area contributed by atoms with Gasteiger partial charge >= 0.3 is 0 Å². The number of thioether (sulfide) groups is 1. The van der Waals surface area contributed by atoms with E-state index in [4.69, 9.17) is 5.73 Å². The molecule has 0 heterocycles. The van der Waals surface area contributed by atoms with E-state index in [9.17, 15) is 0 Å². The van der Waals surface area contributed by atoms with Gasteiger partial charge in [-0.3, -0.25) is 0 Å². The minimum Gasteiger partial charge on any atom is -0.320 e. The highest BCUT2D eigenvalue weighted by molar-refractivity contribution is 7.98. The van der Waals surface area contributed by atoms with Crippen molar-refractivity contribution in [3.05, 3.63) is 65.2 Å². The Morgan fingerprint density at radius 1 is 1.05 bits per heavy atom. The first-order chi connectivity index (χ1) is 9.26. The van der Waals surface area contributed by atoms with Crippen molar-refractivity contribution < 1.29 is 0 Å². The Labute approximate surface area is 143 Å². The van der Waals surface area contributed by atoms with Gasteiger partial charge in [0.25, 0.3) is 0 Å². The molecule has 0 radical (unpaired) electrons. The largest absolute Gasteiger partial charge is 0.320 e. The number of nitrogens with one attached hydrogen (secondary N) is 1. The summed E-state index contributed by atoms with van der Waals surface area (Å²) in [5.74, 6) is 0. The Morgan fingerprint density at radius 2 is 1.67 bits per heavy atom. The Kier molecular flexibility index (Phi) is 9.75. The van der Waals surface area contributed by atoms with E-state index in [2.05, 4.69) is 54.0 Å². The molecule has 21 heavy (non-hydrogen) atoms. The molecule has 2 aromatic carbocycles. The third-order valence-electron chi connectivity index (χ3n) is 3.23. The number of hydrogen-bond acceptors (Lipinski definition) is 3. The highest BCUT2D eigenvalue weighted by Gasteiger charge is 2.12. The molecule has 2 nitrogen and oxygen atoms in total. The Hall–Kier alpha value is -0.710. The number of rotatable bonds is 5. The van der Waals surface area contributed by atoms with Crippen LogP contribution < -0.4 is 11.1 Å². The maximum absolute atomic E-state index is 6.40. The van der Waals surface area contributed by atoms with Crippen molar-refractivity contribution in [2.75, 3.05) is 13.3 Å². The van der Waals surface area contributed by atoms with Crippen LogP contribution in [0.25, 0.3) is 0 Å². The average Bonchev–Trinajstić information content (AvgIpc) is 2.47. The van der Waals surface area contributed by atoms with E-state index in [0.717, 1.165) is 12.1 Å². The average molecular weight is 345 g/mol. The summed E-state index contributed by atoms with van der Waals surface area (Å²) >= 11 is 1.75. The van der Waals surface area contributed by atoms with Crippen LogP contribution in [-0.4, -0.2) is 13.3 Å². The van der Waals surface area contributed by atoms with Gasteiger partial charge in [0.1, 0.15) is 0 Å². The molecule has 0 aliphatic rings. The van der Waals surface area contributed by atoms with Crippen molar-refractivity contribution in [2.24, 2.45) is 5.73 Å². The summed E-state index contributed by atoms with van der Waals surface area (Å²) < 4.78 is 0. The predicted molar refractivity (Wildman–Crippen MR) is 98.0 cm³/mol. The van der Waals surface area contributed by atoms with E-state index >= 15 is 0 Å². The monoisotopic (exact) mass is 344 g/mol. The molecule has 2 rings (SSSR count). The van der Waals surface area contributed by atoms with Crippen LogP contribution in [0.15, 0.2) is 53.4 Å². The van der Waals surface area contributed by atoms with Gasteiger partial charge in [-0.15, -0.1) is 36.6 Å². The lowest BCUT2D eigenvalue weighted by Crippen LogP contribution is -2.16. The molecule has 0 fully saturated rings. The van der Waals surface area contributed by atoms with Gasteiger partial charge in [0, 0.05) is 11.4 Å². The molecule has 0 saturated carbocycles. The topological polar surface area (TPSA) is 38.0 Å². The van der Waals surface area contributed by atoms with Crippen molar-refractivity contribution in [1.82, 2.24) is 5.32 Å². The van der Waals surface area contributed by atoms with Crippen molar-refractivity contribution in [2.45, 2.75) is 17.5 Å². The smallest absolute Gasteiger partial charge is 0.0554 e. The summed E-state index contributed by atoms with van der Waals surface area (Å²) in [4.78, 5) is 1.26. The molecule has 1 unspecified atom stereocenters. The zero-order valence-corrected chi connectivity index (χ0v) is 14.7. The second kappa shape index (κ2) is 10.1. The van der Waals surface area contributed by atoms with E-state index in [-0.39, 0.29) is 30.9 Å². The minimum absolute atomic E-state index is 0. The molecular weight excluding hydrogens is 323 g/mol. The fourth-order valence-corrected chi connectivity index (χ4v) is 2.59. The molecule has 1 atom stereocenters. The standard InChI is InChI=1S/C16H20N2S.2ClH/c1-18-11-13-5-3-4-6-15(13)16(17)12-7-9-14(19-2)10-8-12;;/h3-10,16,18H,11,17H2,1-2H3;2*1H. The van der Waals surface area contributed by atoms with Gasteiger partial charge in [-0.05, 0) is 42.1 Å². The first kappa shape index (κ1) is 20.3. The lowest BCUT2D eigenvalue weighted by molar-refractivity contribution is 0.778. The van der Waals surface area contributed by atoms with Crippen LogP contribution in [0, 0.1) is 0 Å². The van der Waals surface area contributed by atoms with Crippen molar-refractivity contribution in [1.29, 1.82) is 0 Å². The maximum Gasteiger partial charge on any atom is 0.0554 e. The highest BCUT2D eigenvalue weighted by Crippen LogP contribution is 2.25. The summed E-state index contributed by atoms with van der Waals surface area (Å²) in [6.07, 6.45) is 2.08. The first-order valence-corrected chi connectivity index (χ1v) is 7.60. The van der Waals surface area contributed by atoms with Gasteiger partial charge in [-0.1, -0.05) is 36.4 Å². The van der Waals surface area contributed by atoms with Crippen LogP contribution in [0.2, 0.25) is 0 Å². The van der Waals surface area contributed by atoms with Gasteiger partial charge in [0.2, 0.25) is 0 Å². The molecule has 2 aromatic rings. The maximum atomic E-state index is 6.40. The van der Waals surface area contributed by atoms with E-state index in [1.54, 1.807) is 11.8 Å². The van der Waals surface area contributed by atoms with Crippen molar-refractivity contribution >= 4 is 36.6 Å². The van der Waals surface area contributed by atoms with E-state index in [1.165, 1.54) is 16.0 Å². The van der Waals surface area contributed by atoms with Gasteiger partial charge in [0.05, 0.1) is 6.04 Å². The minimum atomic E-state index is -0.0690. The summed E-state index contributed by atoms with van der Waals surface area (Å²) in [7, 11) is 1.95. The Balaban J connectivity index is 0.00000200. The van der Waals surface area contributed by atoms with Crippen LogP contribution in [-0.2, 0) is 6.54 Å². The quantitative estimate of drug-likeness (QED) is 0.804. The van der Waals surface area contributed by atoms with Gasteiger partial charge in [-0.2, -0.15) is 0 Å². The second-order valence-electron chi connectivity index (χ2n) is 4.48. The summed E-state index contributed by atoms with van der Waals surface area (Å²) in [5.41, 5.74) is 10.0. The molecule has 0 saturated heterocycles. The van der Waals surface area contributed by atoms with Crippen LogP contribution in [0.3, 0.4) is 0 Å². The van der Waals surface area contributed by atoms with E-state index in [1.807, 2.05) is 13.1 Å². The number of hydrogen-bond donors (Lipinski definition) is 2. The second-order valence-corrected chi connectivity index (χ2v) is 5.36. The van der Waals surface area contributed by atoms with Crippen molar-refractivity contribution in [3.63, 3.8) is 0 Å². The normalized spacial score (nSPS) is 11.2. The number of nitrogens with two attached hydrogens (primary N) is 1. The molecule has 0 aliphatic carbocycles. The molecule has 0 aliphatic heterocycles. The third kappa shape index (κ3) is 5.20. The zero-order chi connectivity index (χ0) is 13.7. The fourth-order valence-electron chi connectivity index (χ4n) is 2.18. The fraction of sp³-hybridized carbons (Fsp3) is 0.250. The first-order valence-electron chi connectivity index (χ1n) is 6.38. The SMILES string of the molecule is CNCc1ccccc1C(N)c1ccc(SC)cc1.Cl.Cl.